The Labute approximate surface area is 195 Å². The van der Waals surface area contributed by atoms with Gasteiger partial charge in [-0.2, -0.15) is 0 Å². The van der Waals surface area contributed by atoms with E-state index in [1.54, 1.807) is 0 Å². The number of hydrogen-bond donors (Lipinski definition) is 2. The van der Waals surface area contributed by atoms with E-state index in [0.29, 0.717) is 12.1 Å². The van der Waals surface area contributed by atoms with E-state index >= 15 is 0 Å². The first-order valence-electron chi connectivity index (χ1n) is 11.9. The van der Waals surface area contributed by atoms with Crippen LogP contribution in [-0.4, -0.2) is 47.9 Å². The lowest BCUT2D eigenvalue weighted by Crippen LogP contribution is -2.30. The Morgan fingerprint density at radius 1 is 0.970 bits per heavy atom. The lowest BCUT2D eigenvalue weighted by atomic mass is 10.0. The van der Waals surface area contributed by atoms with Crippen molar-refractivity contribution in [2.24, 2.45) is 0 Å². The molecule has 4 rings (SSSR count). The highest BCUT2D eigenvalue weighted by atomic mass is 16.2. The summed E-state index contributed by atoms with van der Waals surface area (Å²) in [5, 5.41) is 6.73. The number of rotatable bonds is 7. The molecule has 6 heteroatoms. The highest BCUT2D eigenvalue weighted by molar-refractivity contribution is 6.07. The van der Waals surface area contributed by atoms with E-state index in [-0.39, 0.29) is 11.8 Å². The average molecular weight is 445 g/mol. The monoisotopic (exact) mass is 444 g/mol. The molecule has 0 atom stereocenters. The van der Waals surface area contributed by atoms with Gasteiger partial charge < -0.3 is 15.5 Å². The summed E-state index contributed by atoms with van der Waals surface area (Å²) in [7, 11) is 0. The Hall–Kier alpha value is -3.25. The Kier molecular flexibility index (Phi) is 7.68. The molecule has 0 bridgehead atoms. The van der Waals surface area contributed by atoms with Crippen LogP contribution in [0.5, 0.6) is 0 Å². The first-order valence-corrected chi connectivity index (χ1v) is 11.9. The van der Waals surface area contributed by atoms with Crippen LogP contribution in [0.3, 0.4) is 0 Å². The molecule has 3 aromatic rings. The van der Waals surface area contributed by atoms with E-state index < -0.39 is 0 Å². The van der Waals surface area contributed by atoms with Crippen molar-refractivity contribution in [1.29, 1.82) is 0 Å². The zero-order valence-electron chi connectivity index (χ0n) is 19.3. The van der Waals surface area contributed by atoms with E-state index in [9.17, 15) is 9.59 Å². The lowest BCUT2D eigenvalue weighted by Gasteiger charge is -2.19. The van der Waals surface area contributed by atoms with Gasteiger partial charge in [0, 0.05) is 30.1 Å². The van der Waals surface area contributed by atoms with Gasteiger partial charge in [0.15, 0.2) is 0 Å². The molecule has 0 saturated carbocycles. The summed E-state index contributed by atoms with van der Waals surface area (Å²) in [4.78, 5) is 31.7. The van der Waals surface area contributed by atoms with Crippen LogP contribution in [0.4, 0.5) is 5.69 Å². The first kappa shape index (κ1) is 22.9. The minimum Gasteiger partial charge on any atom is -0.352 e. The van der Waals surface area contributed by atoms with Gasteiger partial charge in [0.05, 0.1) is 16.8 Å². The third-order valence-electron chi connectivity index (χ3n) is 6.10. The summed E-state index contributed by atoms with van der Waals surface area (Å²) >= 11 is 0. The summed E-state index contributed by atoms with van der Waals surface area (Å²) in [6.07, 6.45) is 6.18. The number of nitrogens with one attached hydrogen (secondary N) is 2. The predicted molar refractivity (Wildman–Crippen MR) is 133 cm³/mol. The molecule has 0 aliphatic carbocycles. The van der Waals surface area contributed by atoms with E-state index in [1.165, 1.54) is 45.7 Å². The summed E-state index contributed by atoms with van der Waals surface area (Å²) in [5.41, 5.74) is 3.78. The van der Waals surface area contributed by atoms with Crippen molar-refractivity contribution in [2.45, 2.75) is 39.0 Å². The van der Waals surface area contributed by atoms with Crippen molar-refractivity contribution in [3.05, 3.63) is 60.2 Å². The van der Waals surface area contributed by atoms with E-state index in [0.717, 1.165) is 40.8 Å². The number of nitrogens with zero attached hydrogens (tertiary/aromatic N) is 2. The second-order valence-electron chi connectivity index (χ2n) is 8.70. The topological polar surface area (TPSA) is 74.3 Å². The Morgan fingerprint density at radius 2 is 1.70 bits per heavy atom. The number of aromatic nitrogens is 1. The molecule has 1 aromatic heterocycles. The van der Waals surface area contributed by atoms with Crippen molar-refractivity contribution in [1.82, 2.24) is 15.2 Å². The number of benzene rings is 2. The van der Waals surface area contributed by atoms with Crippen molar-refractivity contribution in [3.8, 4) is 11.3 Å². The third kappa shape index (κ3) is 6.17. The summed E-state index contributed by atoms with van der Waals surface area (Å²) in [5.74, 6) is -0.179. The van der Waals surface area contributed by atoms with Crippen LogP contribution in [0.25, 0.3) is 22.2 Å². The Balaban J connectivity index is 1.48. The number of anilines is 1. The maximum Gasteiger partial charge on any atom is 0.252 e. The quantitative estimate of drug-likeness (QED) is 0.511. The molecule has 1 saturated heterocycles. The largest absolute Gasteiger partial charge is 0.352 e. The molecule has 2 heterocycles. The smallest absolute Gasteiger partial charge is 0.252 e. The Morgan fingerprint density at radius 3 is 2.42 bits per heavy atom. The molecule has 0 spiro atoms. The van der Waals surface area contributed by atoms with E-state index in [2.05, 4.69) is 15.5 Å². The molecule has 172 valence electrons. The van der Waals surface area contributed by atoms with Gasteiger partial charge in [-0.25, -0.2) is 4.98 Å². The van der Waals surface area contributed by atoms with Crippen molar-refractivity contribution < 1.29 is 9.59 Å². The molecule has 33 heavy (non-hydrogen) atoms. The third-order valence-corrected chi connectivity index (χ3v) is 6.10. The maximum absolute atomic E-state index is 13.1. The van der Waals surface area contributed by atoms with Gasteiger partial charge in [-0.15, -0.1) is 0 Å². The van der Waals surface area contributed by atoms with Crippen LogP contribution in [-0.2, 0) is 4.79 Å². The van der Waals surface area contributed by atoms with E-state index in [1.807, 2.05) is 54.6 Å². The first-order chi connectivity index (χ1) is 16.1. The van der Waals surface area contributed by atoms with Gasteiger partial charge in [-0.05, 0) is 63.2 Å². The van der Waals surface area contributed by atoms with Crippen LogP contribution >= 0.6 is 0 Å². The van der Waals surface area contributed by atoms with Gasteiger partial charge in [0.2, 0.25) is 5.91 Å². The van der Waals surface area contributed by atoms with Crippen LogP contribution < -0.4 is 10.6 Å². The molecule has 6 nitrogen and oxygen atoms in total. The summed E-state index contributed by atoms with van der Waals surface area (Å²) < 4.78 is 0. The van der Waals surface area contributed by atoms with Crippen molar-refractivity contribution in [2.75, 3.05) is 31.5 Å². The van der Waals surface area contributed by atoms with Crippen LogP contribution in [0.1, 0.15) is 49.4 Å². The zero-order valence-corrected chi connectivity index (χ0v) is 19.3. The van der Waals surface area contributed by atoms with Gasteiger partial charge in [-0.3, -0.25) is 9.59 Å². The molecular formula is C27H32N4O2. The highest BCUT2D eigenvalue weighted by Gasteiger charge is 2.14. The molecule has 2 N–H and O–H groups in total. The second kappa shape index (κ2) is 11.1. The summed E-state index contributed by atoms with van der Waals surface area (Å²) in [6.45, 7) is 5.52. The summed E-state index contributed by atoms with van der Waals surface area (Å²) in [6, 6.07) is 17.1. The van der Waals surface area contributed by atoms with Crippen LogP contribution in [0.15, 0.2) is 54.6 Å². The minimum absolute atomic E-state index is 0.0689. The molecule has 1 aliphatic rings. The van der Waals surface area contributed by atoms with Crippen LogP contribution in [0.2, 0.25) is 0 Å². The number of amides is 2. The molecule has 0 unspecified atom stereocenters. The fourth-order valence-electron chi connectivity index (χ4n) is 4.40. The standard InChI is InChI=1S/C27H32N4O2/c1-20(32)29-22-13-11-21(12-14-22)26-19-24(23-9-4-5-10-25(23)30-26)27(33)28-15-8-18-31-16-6-2-3-7-17-31/h4-5,9-14,19H,2-3,6-8,15-18H2,1H3,(H,28,33)(H,29,32). The molecule has 2 amide bonds. The zero-order chi connectivity index (χ0) is 23.0. The molecule has 1 fully saturated rings. The minimum atomic E-state index is -0.110. The predicted octanol–water partition coefficient (Wildman–Crippen LogP) is 4.86. The van der Waals surface area contributed by atoms with Gasteiger partial charge in [0.1, 0.15) is 0 Å². The molecule has 0 radical (unpaired) electrons. The highest BCUT2D eigenvalue weighted by Crippen LogP contribution is 2.26. The van der Waals surface area contributed by atoms with Crippen molar-refractivity contribution in [3.63, 3.8) is 0 Å². The van der Waals surface area contributed by atoms with Crippen LogP contribution in [0, 0.1) is 0 Å². The number of carbonyl (C=O) groups excluding carboxylic acids is 2. The second-order valence-corrected chi connectivity index (χ2v) is 8.70. The fourth-order valence-corrected chi connectivity index (χ4v) is 4.40. The van der Waals surface area contributed by atoms with Gasteiger partial charge in [0.25, 0.3) is 5.91 Å². The number of likely N-dealkylation sites (tertiary alicyclic amines) is 1. The SMILES string of the molecule is CC(=O)Nc1ccc(-c2cc(C(=O)NCCCN3CCCCCC3)c3ccccc3n2)cc1. The van der Waals surface area contributed by atoms with Gasteiger partial charge in [-0.1, -0.05) is 43.2 Å². The average Bonchev–Trinajstić information content (AvgIpc) is 3.10. The number of carbonyl (C=O) groups is 2. The number of para-hydroxylation sites is 1. The van der Waals surface area contributed by atoms with Gasteiger partial charge >= 0.3 is 0 Å². The Bertz CT molecular complexity index is 1100. The molecular weight excluding hydrogens is 412 g/mol. The normalized spacial score (nSPS) is 14.6. The van der Waals surface area contributed by atoms with Crippen molar-refractivity contribution >= 4 is 28.4 Å². The van der Waals surface area contributed by atoms with E-state index in [4.69, 9.17) is 4.98 Å². The molecule has 1 aliphatic heterocycles. The lowest BCUT2D eigenvalue weighted by molar-refractivity contribution is -0.114. The number of pyridine rings is 1. The maximum atomic E-state index is 13.1. The number of fused-ring (bicyclic) bond motifs is 1. The fraction of sp³-hybridized carbons (Fsp3) is 0.370. The number of hydrogen-bond acceptors (Lipinski definition) is 4. The molecule has 2 aromatic carbocycles.